The van der Waals surface area contributed by atoms with Gasteiger partial charge in [-0.25, -0.2) is 8.42 Å². The number of alkyl halides is 3. The largest absolute Gasteiger partial charge is 0.416 e. The van der Waals surface area contributed by atoms with E-state index in [9.17, 15) is 26.4 Å². The summed E-state index contributed by atoms with van der Waals surface area (Å²) < 4.78 is 66.8. The van der Waals surface area contributed by atoms with Crippen LogP contribution < -0.4 is 9.62 Å². The monoisotopic (exact) mass is 523 g/mol. The highest BCUT2D eigenvalue weighted by atomic mass is 35.5. The molecular weight excluding hydrogens is 503 g/mol. The van der Waals surface area contributed by atoms with Crippen molar-refractivity contribution in [1.29, 1.82) is 0 Å². The van der Waals surface area contributed by atoms with Gasteiger partial charge < -0.3 is 9.80 Å². The molecule has 0 aliphatic carbocycles. The van der Waals surface area contributed by atoms with Crippen LogP contribution >= 0.6 is 11.6 Å². The van der Waals surface area contributed by atoms with Crippen LogP contribution in [0.15, 0.2) is 77.7 Å². The van der Waals surface area contributed by atoms with Crippen molar-refractivity contribution in [3.8, 4) is 0 Å². The molecule has 3 aromatic carbocycles. The van der Waals surface area contributed by atoms with Crippen LogP contribution in [0, 0.1) is 0 Å². The first kappa shape index (κ1) is 24.9. The molecule has 184 valence electrons. The van der Waals surface area contributed by atoms with Crippen molar-refractivity contribution >= 4 is 38.9 Å². The number of carbonyl (C=O) groups is 1. The number of hydrogen-bond donors (Lipinski definition) is 1. The van der Waals surface area contributed by atoms with Gasteiger partial charge in [-0.1, -0.05) is 35.9 Å². The molecule has 0 saturated carbocycles. The van der Waals surface area contributed by atoms with E-state index in [1.807, 2.05) is 0 Å². The van der Waals surface area contributed by atoms with Crippen molar-refractivity contribution in [3.63, 3.8) is 0 Å². The smallest absolute Gasteiger partial charge is 0.368 e. The van der Waals surface area contributed by atoms with E-state index < -0.39 is 21.8 Å². The van der Waals surface area contributed by atoms with Crippen molar-refractivity contribution in [2.75, 3.05) is 35.8 Å². The average molecular weight is 524 g/mol. The minimum atomic E-state index is -4.43. The van der Waals surface area contributed by atoms with Gasteiger partial charge in [-0.3, -0.25) is 9.52 Å². The predicted octanol–water partition coefficient (Wildman–Crippen LogP) is 5.12. The molecule has 0 radical (unpaired) electrons. The lowest BCUT2D eigenvalue weighted by atomic mass is 10.1. The zero-order valence-corrected chi connectivity index (χ0v) is 19.9. The molecule has 35 heavy (non-hydrogen) atoms. The Morgan fingerprint density at radius 2 is 1.57 bits per heavy atom. The fourth-order valence-electron chi connectivity index (χ4n) is 3.78. The average Bonchev–Trinajstić information content (AvgIpc) is 2.85. The number of carbonyl (C=O) groups excluding carboxylic acids is 1. The summed E-state index contributed by atoms with van der Waals surface area (Å²) in [5.74, 6) is -0.389. The van der Waals surface area contributed by atoms with Crippen molar-refractivity contribution in [1.82, 2.24) is 4.90 Å². The number of amides is 1. The van der Waals surface area contributed by atoms with E-state index in [4.69, 9.17) is 11.6 Å². The van der Waals surface area contributed by atoms with E-state index in [0.29, 0.717) is 18.8 Å². The SMILES string of the molecule is O=C(c1cc(NS(=O)(=O)c2ccccc2)ccc1Cl)N1CCN(c2cccc(C(F)(F)F)c2)CC1. The van der Waals surface area contributed by atoms with Gasteiger partial charge in [0.1, 0.15) is 0 Å². The first-order chi connectivity index (χ1) is 16.5. The number of hydrogen-bond acceptors (Lipinski definition) is 4. The third-order valence-electron chi connectivity index (χ3n) is 5.61. The Hall–Kier alpha value is -3.24. The van der Waals surface area contributed by atoms with Gasteiger partial charge in [-0.2, -0.15) is 13.2 Å². The Morgan fingerprint density at radius 1 is 0.886 bits per heavy atom. The summed E-state index contributed by atoms with van der Waals surface area (Å²) in [4.78, 5) is 16.5. The molecule has 1 saturated heterocycles. The van der Waals surface area contributed by atoms with Crippen molar-refractivity contribution in [2.24, 2.45) is 0 Å². The van der Waals surface area contributed by atoms with Gasteiger partial charge in [0.25, 0.3) is 15.9 Å². The molecule has 1 aliphatic rings. The second-order valence-corrected chi connectivity index (χ2v) is 10.0. The van der Waals surface area contributed by atoms with E-state index in [2.05, 4.69) is 4.72 Å². The Morgan fingerprint density at radius 3 is 2.23 bits per heavy atom. The zero-order chi connectivity index (χ0) is 25.2. The number of sulfonamides is 1. The molecule has 1 amide bonds. The topological polar surface area (TPSA) is 69.7 Å². The van der Waals surface area contributed by atoms with Gasteiger partial charge in [0.15, 0.2) is 0 Å². The van der Waals surface area contributed by atoms with Crippen LogP contribution in [0.4, 0.5) is 24.5 Å². The molecule has 1 fully saturated rings. The quantitative estimate of drug-likeness (QED) is 0.504. The van der Waals surface area contributed by atoms with Crippen molar-refractivity contribution in [3.05, 3.63) is 88.9 Å². The predicted molar refractivity (Wildman–Crippen MR) is 128 cm³/mol. The highest BCUT2D eigenvalue weighted by Gasteiger charge is 2.31. The second-order valence-electron chi connectivity index (χ2n) is 7.94. The Kier molecular flexibility index (Phi) is 6.95. The summed E-state index contributed by atoms with van der Waals surface area (Å²) in [5, 5.41) is 0.165. The van der Waals surface area contributed by atoms with Crippen molar-refractivity contribution < 1.29 is 26.4 Å². The van der Waals surface area contributed by atoms with Gasteiger partial charge in [0.05, 0.1) is 21.0 Å². The Bertz CT molecular complexity index is 1330. The van der Waals surface area contributed by atoms with Crippen LogP contribution in [0.25, 0.3) is 0 Å². The summed E-state index contributed by atoms with van der Waals surface area (Å²) >= 11 is 6.24. The standard InChI is InChI=1S/C24H21ClF3N3O3S/c25-22-10-9-18(29-35(33,34)20-7-2-1-3-8-20)16-21(22)23(32)31-13-11-30(12-14-31)19-6-4-5-17(15-19)24(26,27)28/h1-10,15-16,29H,11-14H2. The van der Waals surface area contributed by atoms with Crippen LogP contribution in [0.1, 0.15) is 15.9 Å². The van der Waals surface area contributed by atoms with Crippen LogP contribution in [0.2, 0.25) is 5.02 Å². The number of nitrogens with one attached hydrogen (secondary N) is 1. The zero-order valence-electron chi connectivity index (χ0n) is 18.3. The lowest BCUT2D eigenvalue weighted by Gasteiger charge is -2.36. The fraction of sp³-hybridized carbons (Fsp3) is 0.208. The molecule has 1 N–H and O–H groups in total. The van der Waals surface area contributed by atoms with Gasteiger partial charge in [-0.05, 0) is 48.5 Å². The number of piperazine rings is 1. The number of rotatable bonds is 5. The molecule has 1 heterocycles. The Labute approximate surface area is 206 Å². The third-order valence-corrected chi connectivity index (χ3v) is 7.33. The van der Waals surface area contributed by atoms with Gasteiger partial charge >= 0.3 is 6.18 Å². The Balaban J connectivity index is 1.46. The van der Waals surface area contributed by atoms with Crippen LogP contribution in [0.3, 0.4) is 0 Å². The molecule has 3 aromatic rings. The van der Waals surface area contributed by atoms with E-state index in [1.54, 1.807) is 34.1 Å². The number of halogens is 4. The normalized spacial score (nSPS) is 14.6. The number of nitrogens with zero attached hydrogens (tertiary/aromatic N) is 2. The van der Waals surface area contributed by atoms with E-state index in [1.165, 1.54) is 36.4 Å². The summed E-state index contributed by atoms with van der Waals surface area (Å²) in [7, 11) is -3.85. The molecule has 0 bridgehead atoms. The molecule has 0 spiro atoms. The van der Waals surface area contributed by atoms with Crippen LogP contribution in [0.5, 0.6) is 0 Å². The van der Waals surface area contributed by atoms with Crippen LogP contribution in [-0.2, 0) is 16.2 Å². The fourth-order valence-corrected chi connectivity index (χ4v) is 5.05. The second kappa shape index (κ2) is 9.79. The molecule has 0 aromatic heterocycles. The first-order valence-corrected chi connectivity index (χ1v) is 12.5. The molecule has 6 nitrogen and oxygen atoms in total. The highest BCUT2D eigenvalue weighted by molar-refractivity contribution is 7.92. The van der Waals surface area contributed by atoms with Gasteiger partial charge in [0, 0.05) is 37.6 Å². The summed E-state index contributed by atoms with van der Waals surface area (Å²) in [5.41, 5.74) is 0.0222. The summed E-state index contributed by atoms with van der Waals surface area (Å²) in [6.45, 7) is 1.22. The minimum absolute atomic E-state index is 0.0774. The molecule has 0 unspecified atom stereocenters. The van der Waals surface area contributed by atoms with E-state index >= 15 is 0 Å². The number of anilines is 2. The van der Waals surface area contributed by atoms with Crippen molar-refractivity contribution in [2.45, 2.75) is 11.1 Å². The minimum Gasteiger partial charge on any atom is -0.368 e. The molecular formula is C24H21ClF3N3O3S. The molecule has 0 atom stereocenters. The maximum absolute atomic E-state index is 13.1. The van der Waals surface area contributed by atoms with Gasteiger partial charge in [-0.15, -0.1) is 0 Å². The lowest BCUT2D eigenvalue weighted by Crippen LogP contribution is -2.48. The lowest BCUT2D eigenvalue weighted by molar-refractivity contribution is -0.137. The molecule has 1 aliphatic heterocycles. The highest BCUT2D eigenvalue weighted by Crippen LogP contribution is 2.32. The maximum Gasteiger partial charge on any atom is 0.416 e. The van der Waals surface area contributed by atoms with Gasteiger partial charge in [0.2, 0.25) is 0 Å². The van der Waals surface area contributed by atoms with E-state index in [0.717, 1.165) is 12.1 Å². The molecule has 11 heteroatoms. The van der Waals surface area contributed by atoms with E-state index in [-0.39, 0.29) is 40.2 Å². The number of benzene rings is 3. The summed E-state index contributed by atoms with van der Waals surface area (Å²) in [6.07, 6.45) is -4.43. The first-order valence-electron chi connectivity index (χ1n) is 10.6. The summed E-state index contributed by atoms with van der Waals surface area (Å²) in [6, 6.07) is 17.2. The maximum atomic E-state index is 13.1. The third kappa shape index (κ3) is 5.71. The van der Waals surface area contributed by atoms with Crippen LogP contribution in [-0.4, -0.2) is 45.4 Å². The molecule has 4 rings (SSSR count).